The molecular formula is C27H38ClN5O4. The molecule has 3 rings (SSSR count). The summed E-state index contributed by atoms with van der Waals surface area (Å²) in [7, 11) is 1.66. The number of likely N-dealkylation sites (tertiary alicyclic amines) is 1. The van der Waals surface area contributed by atoms with E-state index in [4.69, 9.17) is 11.6 Å². The van der Waals surface area contributed by atoms with Crippen LogP contribution in [0.5, 0.6) is 0 Å². The number of hydrogen-bond donors (Lipinski definition) is 1. The van der Waals surface area contributed by atoms with Crippen molar-refractivity contribution < 1.29 is 19.2 Å². The third kappa shape index (κ3) is 6.83. The molecule has 0 saturated carbocycles. The molecule has 202 valence electrons. The van der Waals surface area contributed by atoms with Crippen LogP contribution < -0.4 is 10.2 Å². The van der Waals surface area contributed by atoms with Gasteiger partial charge in [0.15, 0.2) is 0 Å². The summed E-state index contributed by atoms with van der Waals surface area (Å²) in [5, 5.41) is 3.09. The summed E-state index contributed by atoms with van der Waals surface area (Å²) in [4.78, 5) is 57.1. The Morgan fingerprint density at radius 1 is 1.14 bits per heavy atom. The Morgan fingerprint density at radius 3 is 2.43 bits per heavy atom. The summed E-state index contributed by atoms with van der Waals surface area (Å²) in [5.41, 5.74) is 1.48. The van der Waals surface area contributed by atoms with Gasteiger partial charge >= 0.3 is 0 Å². The molecule has 9 nitrogen and oxygen atoms in total. The average Bonchev–Trinajstić information content (AvgIpc) is 3.39. The molecule has 0 spiro atoms. The number of anilines is 1. The van der Waals surface area contributed by atoms with Gasteiger partial charge in [-0.15, -0.1) is 0 Å². The van der Waals surface area contributed by atoms with Gasteiger partial charge in [0.25, 0.3) is 0 Å². The van der Waals surface area contributed by atoms with Crippen LogP contribution in [0.2, 0.25) is 5.02 Å². The van der Waals surface area contributed by atoms with E-state index < -0.39 is 6.04 Å². The molecule has 2 saturated heterocycles. The Bertz CT molecular complexity index is 1020. The van der Waals surface area contributed by atoms with Gasteiger partial charge in [-0.25, -0.2) is 0 Å². The van der Waals surface area contributed by atoms with Gasteiger partial charge in [0.2, 0.25) is 24.1 Å². The predicted molar refractivity (Wildman–Crippen MR) is 144 cm³/mol. The van der Waals surface area contributed by atoms with Crippen molar-refractivity contribution in [3.05, 3.63) is 40.9 Å². The Hall–Kier alpha value is -3.07. The maximum Gasteiger partial charge on any atom is 0.249 e. The van der Waals surface area contributed by atoms with Crippen molar-refractivity contribution in [1.82, 2.24) is 20.0 Å². The highest BCUT2D eigenvalue weighted by atomic mass is 35.5. The molecule has 1 aromatic rings. The maximum absolute atomic E-state index is 13.5. The minimum atomic E-state index is -0.476. The largest absolute Gasteiger partial charge is 0.367 e. The van der Waals surface area contributed by atoms with Gasteiger partial charge in [-0.05, 0) is 37.8 Å². The second-order valence-electron chi connectivity index (χ2n) is 10.0. The lowest BCUT2D eigenvalue weighted by atomic mass is 9.99. The molecular weight excluding hydrogens is 494 g/mol. The number of nitrogens with zero attached hydrogens (tertiary/aromatic N) is 4. The zero-order valence-corrected chi connectivity index (χ0v) is 22.9. The summed E-state index contributed by atoms with van der Waals surface area (Å²) in [5.74, 6) is -0.376. The van der Waals surface area contributed by atoms with Crippen molar-refractivity contribution in [1.29, 1.82) is 0 Å². The standard InChI is InChI=1S/C27H38ClN5O4/c1-19(2)24(30(4)25(35)17-29-18-34)16-20(3)26(36)33-11-7-10-23(33)27(37)32-14-12-31(13-15-32)22-9-6-5-8-21(22)28/h5-6,8-9,16,18-19,23-24H,7,10-15,17H2,1-4H3,(H,29,34)/b20-16+/t23-,24+/m0/s1. The average molecular weight is 532 g/mol. The monoisotopic (exact) mass is 531 g/mol. The molecule has 4 amide bonds. The summed E-state index contributed by atoms with van der Waals surface area (Å²) in [6.45, 7) is 8.64. The number of rotatable bonds is 9. The lowest BCUT2D eigenvalue weighted by Crippen LogP contribution is -2.54. The Labute approximate surface area is 224 Å². The van der Waals surface area contributed by atoms with Gasteiger partial charge < -0.3 is 24.9 Å². The fourth-order valence-corrected chi connectivity index (χ4v) is 5.33. The molecule has 2 fully saturated rings. The third-order valence-corrected chi connectivity index (χ3v) is 7.52. The van der Waals surface area contributed by atoms with Crippen molar-refractivity contribution in [2.75, 3.05) is 51.2 Å². The number of carbonyl (C=O) groups excluding carboxylic acids is 4. The molecule has 2 heterocycles. The molecule has 10 heteroatoms. The molecule has 0 unspecified atom stereocenters. The van der Waals surface area contributed by atoms with Gasteiger partial charge in [0.05, 0.1) is 23.3 Å². The number of para-hydroxylation sites is 1. The van der Waals surface area contributed by atoms with Crippen molar-refractivity contribution in [2.24, 2.45) is 5.92 Å². The van der Waals surface area contributed by atoms with E-state index in [0.717, 1.165) is 12.1 Å². The molecule has 2 atom stereocenters. The van der Waals surface area contributed by atoms with E-state index in [1.54, 1.807) is 29.8 Å². The minimum Gasteiger partial charge on any atom is -0.367 e. The van der Waals surface area contributed by atoms with Crippen LogP contribution in [0.3, 0.4) is 0 Å². The SMILES string of the molecule is C/C(=C\[C@H](C(C)C)N(C)C(=O)CNC=O)C(=O)N1CCC[C@H]1C(=O)N1CCN(c2ccccc2Cl)CC1. The summed E-state index contributed by atoms with van der Waals surface area (Å²) in [6.07, 6.45) is 3.71. The van der Waals surface area contributed by atoms with E-state index in [1.165, 1.54) is 0 Å². The number of halogens is 1. The van der Waals surface area contributed by atoms with Gasteiger partial charge in [-0.2, -0.15) is 0 Å². The lowest BCUT2D eigenvalue weighted by Gasteiger charge is -2.38. The molecule has 2 aliphatic heterocycles. The zero-order valence-electron chi connectivity index (χ0n) is 22.2. The van der Waals surface area contributed by atoms with Crippen LogP contribution in [0.4, 0.5) is 5.69 Å². The first-order valence-electron chi connectivity index (χ1n) is 12.9. The van der Waals surface area contributed by atoms with Crippen molar-refractivity contribution >= 4 is 41.4 Å². The first-order valence-corrected chi connectivity index (χ1v) is 13.2. The highest BCUT2D eigenvalue weighted by Gasteiger charge is 2.38. The van der Waals surface area contributed by atoms with Gasteiger partial charge in [0.1, 0.15) is 6.04 Å². The number of amides is 4. The van der Waals surface area contributed by atoms with E-state index in [1.807, 2.05) is 43.0 Å². The first kappa shape index (κ1) is 28.5. The fourth-order valence-electron chi connectivity index (χ4n) is 5.08. The van der Waals surface area contributed by atoms with E-state index in [9.17, 15) is 19.2 Å². The highest BCUT2D eigenvalue weighted by Crippen LogP contribution is 2.27. The normalized spacial score (nSPS) is 19.1. The molecule has 1 aromatic carbocycles. The van der Waals surface area contributed by atoms with Crippen LogP contribution in [0.15, 0.2) is 35.9 Å². The number of carbonyl (C=O) groups is 4. The van der Waals surface area contributed by atoms with Crippen molar-refractivity contribution in [2.45, 2.75) is 45.7 Å². The van der Waals surface area contributed by atoms with E-state index in [-0.39, 0.29) is 36.2 Å². The van der Waals surface area contributed by atoms with Gasteiger partial charge in [0, 0.05) is 45.3 Å². The van der Waals surface area contributed by atoms with Crippen LogP contribution in [-0.2, 0) is 19.2 Å². The quantitative estimate of drug-likeness (QED) is 0.389. The molecule has 0 aliphatic carbocycles. The molecule has 2 aliphatic rings. The molecule has 0 bridgehead atoms. The van der Waals surface area contributed by atoms with Crippen LogP contribution in [0.25, 0.3) is 0 Å². The zero-order chi connectivity index (χ0) is 27.1. The van der Waals surface area contributed by atoms with Crippen molar-refractivity contribution in [3.8, 4) is 0 Å². The van der Waals surface area contributed by atoms with E-state index in [2.05, 4.69) is 10.2 Å². The lowest BCUT2D eigenvalue weighted by molar-refractivity contribution is -0.142. The Morgan fingerprint density at radius 2 is 1.81 bits per heavy atom. The number of nitrogens with one attached hydrogen (secondary N) is 1. The minimum absolute atomic E-state index is 0.00917. The second-order valence-corrected chi connectivity index (χ2v) is 10.4. The Kier molecular flexibility index (Phi) is 9.97. The fraction of sp³-hybridized carbons (Fsp3) is 0.556. The van der Waals surface area contributed by atoms with Crippen molar-refractivity contribution in [3.63, 3.8) is 0 Å². The van der Waals surface area contributed by atoms with Crippen LogP contribution in [0.1, 0.15) is 33.6 Å². The summed E-state index contributed by atoms with van der Waals surface area (Å²) in [6, 6.07) is 6.91. The maximum atomic E-state index is 13.5. The number of hydrogen-bond acceptors (Lipinski definition) is 5. The van der Waals surface area contributed by atoms with Gasteiger partial charge in [-0.3, -0.25) is 19.2 Å². The summed E-state index contributed by atoms with van der Waals surface area (Å²) >= 11 is 6.35. The van der Waals surface area contributed by atoms with Gasteiger partial charge in [-0.1, -0.05) is 43.7 Å². The topological polar surface area (TPSA) is 93.3 Å². The van der Waals surface area contributed by atoms with Crippen LogP contribution >= 0.6 is 11.6 Å². The van der Waals surface area contributed by atoms with E-state index in [0.29, 0.717) is 56.2 Å². The number of likely N-dealkylation sites (N-methyl/N-ethyl adjacent to an activating group) is 1. The molecule has 0 aromatic heterocycles. The molecule has 0 radical (unpaired) electrons. The Balaban J connectivity index is 1.65. The smallest absolute Gasteiger partial charge is 0.249 e. The summed E-state index contributed by atoms with van der Waals surface area (Å²) < 4.78 is 0. The highest BCUT2D eigenvalue weighted by molar-refractivity contribution is 6.33. The van der Waals surface area contributed by atoms with E-state index >= 15 is 0 Å². The number of piperazine rings is 1. The van der Waals surface area contributed by atoms with Crippen LogP contribution in [-0.4, -0.2) is 97.2 Å². The van der Waals surface area contributed by atoms with Crippen LogP contribution in [0, 0.1) is 5.92 Å². The predicted octanol–water partition coefficient (Wildman–Crippen LogP) is 2.15. The second kappa shape index (κ2) is 12.9. The molecule has 37 heavy (non-hydrogen) atoms. The number of benzene rings is 1. The first-order chi connectivity index (χ1) is 17.6. The molecule has 1 N–H and O–H groups in total. The third-order valence-electron chi connectivity index (χ3n) is 7.20.